The second-order valence-electron chi connectivity index (χ2n) is 5.14. The van der Waals surface area contributed by atoms with Gasteiger partial charge in [0.1, 0.15) is 0 Å². The zero-order valence-electron chi connectivity index (χ0n) is 12.4. The minimum absolute atomic E-state index is 0.235. The molecule has 0 aromatic heterocycles. The molecule has 1 rings (SSSR count). The Morgan fingerprint density at radius 1 is 1.24 bits per heavy atom. The van der Waals surface area contributed by atoms with Crippen LogP contribution >= 0.6 is 0 Å². The summed E-state index contributed by atoms with van der Waals surface area (Å²) in [4.78, 5) is 23.3. The molecule has 21 heavy (non-hydrogen) atoms. The first-order chi connectivity index (χ1) is 10.1. The number of hydrogen-bond donors (Lipinski definition) is 3. The third kappa shape index (κ3) is 5.95. The second kappa shape index (κ2) is 9.13. The van der Waals surface area contributed by atoms with Crippen LogP contribution in [-0.2, 0) is 9.59 Å². The van der Waals surface area contributed by atoms with Gasteiger partial charge in [-0.2, -0.15) is 0 Å². The predicted octanol–water partition coefficient (Wildman–Crippen LogP) is 2.08. The van der Waals surface area contributed by atoms with Crippen LogP contribution in [0.15, 0.2) is 30.3 Å². The Balaban J connectivity index is 2.56. The number of nitrogens with two attached hydrogens (primary N) is 1. The van der Waals surface area contributed by atoms with Gasteiger partial charge in [0.2, 0.25) is 5.91 Å². The van der Waals surface area contributed by atoms with Crippen molar-refractivity contribution in [2.24, 2.45) is 11.7 Å². The third-order valence-electron chi connectivity index (χ3n) is 3.62. The number of amides is 1. The minimum Gasteiger partial charge on any atom is -0.479 e. The minimum atomic E-state index is -1.05. The average Bonchev–Trinajstić information content (AvgIpc) is 2.49. The van der Waals surface area contributed by atoms with Crippen LogP contribution in [0, 0.1) is 5.92 Å². The van der Waals surface area contributed by atoms with Crippen LogP contribution in [0.4, 0.5) is 0 Å². The Labute approximate surface area is 125 Å². The number of hydrogen-bond acceptors (Lipinski definition) is 3. The first kappa shape index (κ1) is 17.2. The largest absolute Gasteiger partial charge is 0.479 e. The maximum atomic E-state index is 12.0. The standard InChI is InChI=1S/C16H24N2O3/c1-2-12(10-11-17)8-9-14(19)18-15(16(20)21)13-6-4-3-5-7-13/h3-7,12,15H,2,8-11,17H2,1H3,(H,18,19)(H,20,21). The van der Waals surface area contributed by atoms with Crippen molar-refractivity contribution in [3.8, 4) is 0 Å². The summed E-state index contributed by atoms with van der Waals surface area (Å²) in [6.45, 7) is 2.68. The molecule has 0 fully saturated rings. The summed E-state index contributed by atoms with van der Waals surface area (Å²) in [7, 11) is 0. The van der Waals surface area contributed by atoms with Crippen molar-refractivity contribution >= 4 is 11.9 Å². The number of carbonyl (C=O) groups is 2. The van der Waals surface area contributed by atoms with Crippen molar-refractivity contribution in [3.05, 3.63) is 35.9 Å². The molecule has 1 aromatic carbocycles. The van der Waals surface area contributed by atoms with Gasteiger partial charge in [-0.3, -0.25) is 4.79 Å². The number of nitrogens with one attached hydrogen (secondary N) is 1. The van der Waals surface area contributed by atoms with Crippen molar-refractivity contribution in [3.63, 3.8) is 0 Å². The average molecular weight is 292 g/mol. The first-order valence-corrected chi connectivity index (χ1v) is 7.35. The van der Waals surface area contributed by atoms with E-state index >= 15 is 0 Å². The molecule has 0 spiro atoms. The van der Waals surface area contributed by atoms with E-state index in [0.29, 0.717) is 24.4 Å². The zero-order valence-corrected chi connectivity index (χ0v) is 12.4. The van der Waals surface area contributed by atoms with Crippen molar-refractivity contribution in [2.45, 2.75) is 38.6 Å². The highest BCUT2D eigenvalue weighted by Crippen LogP contribution is 2.16. The summed E-state index contributed by atoms with van der Waals surface area (Å²) in [6.07, 6.45) is 2.94. The molecule has 0 saturated heterocycles. The van der Waals surface area contributed by atoms with E-state index in [1.165, 1.54) is 0 Å². The maximum Gasteiger partial charge on any atom is 0.330 e. The normalized spacial score (nSPS) is 13.4. The van der Waals surface area contributed by atoms with Crippen molar-refractivity contribution < 1.29 is 14.7 Å². The van der Waals surface area contributed by atoms with Crippen LogP contribution < -0.4 is 11.1 Å². The topological polar surface area (TPSA) is 92.4 Å². The van der Waals surface area contributed by atoms with Crippen LogP contribution in [0.2, 0.25) is 0 Å². The summed E-state index contributed by atoms with van der Waals surface area (Å²) in [5.74, 6) is -0.869. The van der Waals surface area contributed by atoms with Crippen LogP contribution in [-0.4, -0.2) is 23.5 Å². The Kier molecular flexibility index (Phi) is 7.46. The number of aliphatic carboxylic acids is 1. The predicted molar refractivity (Wildman–Crippen MR) is 81.6 cm³/mol. The van der Waals surface area contributed by atoms with Gasteiger partial charge in [-0.25, -0.2) is 4.79 Å². The summed E-state index contributed by atoms with van der Waals surface area (Å²) in [5, 5.41) is 11.8. The smallest absolute Gasteiger partial charge is 0.330 e. The Bertz CT molecular complexity index is 448. The molecular formula is C16H24N2O3. The highest BCUT2D eigenvalue weighted by molar-refractivity contribution is 5.84. The van der Waals surface area contributed by atoms with Gasteiger partial charge in [0.05, 0.1) is 0 Å². The van der Waals surface area contributed by atoms with Crippen LogP contribution in [0.1, 0.15) is 44.2 Å². The molecule has 1 aromatic rings. The molecule has 0 aliphatic carbocycles. The zero-order chi connectivity index (χ0) is 15.7. The van der Waals surface area contributed by atoms with Gasteiger partial charge < -0.3 is 16.2 Å². The van der Waals surface area contributed by atoms with Gasteiger partial charge in [-0.05, 0) is 30.9 Å². The number of carbonyl (C=O) groups excluding carboxylic acids is 1. The van der Waals surface area contributed by atoms with E-state index in [0.717, 1.165) is 19.3 Å². The number of rotatable bonds is 9. The molecule has 4 N–H and O–H groups in total. The van der Waals surface area contributed by atoms with E-state index in [1.54, 1.807) is 24.3 Å². The molecule has 0 heterocycles. The van der Waals surface area contributed by atoms with Crippen molar-refractivity contribution in [1.82, 2.24) is 5.32 Å². The molecule has 0 bridgehead atoms. The molecule has 2 atom stereocenters. The Morgan fingerprint density at radius 3 is 2.43 bits per heavy atom. The van der Waals surface area contributed by atoms with Crippen LogP contribution in [0.5, 0.6) is 0 Å². The third-order valence-corrected chi connectivity index (χ3v) is 3.62. The van der Waals surface area contributed by atoms with E-state index in [4.69, 9.17) is 5.73 Å². The van der Waals surface area contributed by atoms with Gasteiger partial charge >= 0.3 is 5.97 Å². The Morgan fingerprint density at radius 2 is 1.90 bits per heavy atom. The highest BCUT2D eigenvalue weighted by atomic mass is 16.4. The molecule has 0 saturated carbocycles. The van der Waals surface area contributed by atoms with Crippen molar-refractivity contribution in [1.29, 1.82) is 0 Å². The van der Waals surface area contributed by atoms with E-state index in [-0.39, 0.29) is 5.91 Å². The lowest BCUT2D eigenvalue weighted by molar-refractivity contribution is -0.142. The quantitative estimate of drug-likeness (QED) is 0.649. The molecule has 0 aliphatic heterocycles. The summed E-state index contributed by atoms with van der Waals surface area (Å²) in [5.41, 5.74) is 6.11. The second-order valence-corrected chi connectivity index (χ2v) is 5.14. The SMILES string of the molecule is CCC(CCN)CCC(=O)NC(C(=O)O)c1ccccc1. The fourth-order valence-corrected chi connectivity index (χ4v) is 2.29. The van der Waals surface area contributed by atoms with Gasteiger partial charge in [-0.1, -0.05) is 43.7 Å². The van der Waals surface area contributed by atoms with Gasteiger partial charge in [0.25, 0.3) is 0 Å². The summed E-state index contributed by atoms with van der Waals surface area (Å²) < 4.78 is 0. The maximum absolute atomic E-state index is 12.0. The number of carboxylic acids is 1. The number of benzene rings is 1. The summed E-state index contributed by atoms with van der Waals surface area (Å²) in [6, 6.07) is 7.72. The molecule has 0 aliphatic rings. The molecule has 0 radical (unpaired) electrons. The molecular weight excluding hydrogens is 268 g/mol. The van der Waals surface area contributed by atoms with E-state index < -0.39 is 12.0 Å². The fraction of sp³-hybridized carbons (Fsp3) is 0.500. The molecule has 116 valence electrons. The van der Waals surface area contributed by atoms with E-state index in [9.17, 15) is 14.7 Å². The number of carboxylic acid groups (broad SMARTS) is 1. The molecule has 2 unspecified atom stereocenters. The van der Waals surface area contributed by atoms with Crippen LogP contribution in [0.25, 0.3) is 0 Å². The van der Waals surface area contributed by atoms with Gasteiger partial charge in [0, 0.05) is 6.42 Å². The first-order valence-electron chi connectivity index (χ1n) is 7.35. The molecule has 5 nitrogen and oxygen atoms in total. The lowest BCUT2D eigenvalue weighted by atomic mass is 9.96. The highest BCUT2D eigenvalue weighted by Gasteiger charge is 2.21. The Hall–Kier alpha value is -1.88. The summed E-state index contributed by atoms with van der Waals surface area (Å²) >= 11 is 0. The monoisotopic (exact) mass is 292 g/mol. The van der Waals surface area contributed by atoms with E-state index in [1.807, 2.05) is 6.07 Å². The molecule has 5 heteroatoms. The van der Waals surface area contributed by atoms with Gasteiger partial charge in [0.15, 0.2) is 6.04 Å². The van der Waals surface area contributed by atoms with Crippen molar-refractivity contribution in [2.75, 3.05) is 6.54 Å². The fourth-order valence-electron chi connectivity index (χ4n) is 2.29. The molecule has 1 amide bonds. The van der Waals surface area contributed by atoms with Crippen LogP contribution in [0.3, 0.4) is 0 Å². The van der Waals surface area contributed by atoms with E-state index in [2.05, 4.69) is 12.2 Å². The van der Waals surface area contributed by atoms with Gasteiger partial charge in [-0.15, -0.1) is 0 Å². The lowest BCUT2D eigenvalue weighted by Crippen LogP contribution is -2.33. The lowest BCUT2D eigenvalue weighted by Gasteiger charge is -2.17.